The van der Waals surface area contributed by atoms with Crippen LogP contribution < -0.4 is 10.1 Å². The van der Waals surface area contributed by atoms with E-state index < -0.39 is 11.6 Å². The van der Waals surface area contributed by atoms with Crippen LogP contribution in [0.2, 0.25) is 0 Å². The molecular weight excluding hydrogens is 504 g/mol. The number of carbonyl (C=O) groups excluding carboxylic acids is 1. The first kappa shape index (κ1) is 23.0. The molecule has 1 aliphatic heterocycles. The Hall–Kier alpha value is -2.74. The normalized spacial score (nSPS) is 19.2. The monoisotopic (exact) mass is 529 g/mol. The Kier molecular flexibility index (Phi) is 6.42. The van der Waals surface area contributed by atoms with Gasteiger partial charge < -0.3 is 10.1 Å². The van der Waals surface area contributed by atoms with Crippen molar-refractivity contribution in [3.63, 3.8) is 0 Å². The first-order chi connectivity index (χ1) is 16.4. The zero-order valence-corrected chi connectivity index (χ0v) is 20.5. The minimum Gasteiger partial charge on any atom is -0.488 e. The molecular formula is C26H26BrF2N3O2. The number of rotatable bonds is 5. The van der Waals surface area contributed by atoms with Crippen LogP contribution >= 0.6 is 15.9 Å². The molecule has 178 valence electrons. The fraction of sp³-hybridized carbons (Fsp3) is 0.385. The van der Waals surface area contributed by atoms with E-state index in [4.69, 9.17) is 4.74 Å². The Morgan fingerprint density at radius 1 is 1.15 bits per heavy atom. The topological polar surface area (TPSA) is 56.2 Å². The molecule has 0 radical (unpaired) electrons. The van der Waals surface area contributed by atoms with E-state index in [1.807, 2.05) is 18.2 Å². The first-order valence-corrected chi connectivity index (χ1v) is 12.5. The molecule has 5 nitrogen and oxygen atoms in total. The standard InChI is InChI=1S/C26H26BrF2N3O2/c1-2-15-3-5-16(6-4-15)13-30-26(33)24-20-14-34-23-11-17(27)7-9-19(23)25(20)32(31-24)22-10-8-18(28)12-21(22)29/h7-12,15-16H,2-6,13-14H2,1H3,(H,30,33). The molecule has 3 aromatic rings. The Morgan fingerprint density at radius 2 is 1.91 bits per heavy atom. The number of benzene rings is 2. The van der Waals surface area contributed by atoms with Gasteiger partial charge >= 0.3 is 0 Å². The van der Waals surface area contributed by atoms with E-state index in [0.717, 1.165) is 29.3 Å². The van der Waals surface area contributed by atoms with Crippen LogP contribution in [0, 0.1) is 23.5 Å². The summed E-state index contributed by atoms with van der Waals surface area (Å²) in [4.78, 5) is 13.2. The van der Waals surface area contributed by atoms with E-state index in [0.29, 0.717) is 35.0 Å². The quantitative estimate of drug-likeness (QED) is 0.415. The lowest BCUT2D eigenvalue weighted by Crippen LogP contribution is -2.32. The SMILES string of the molecule is CCC1CCC(CNC(=O)c2nn(-c3ccc(F)cc3F)c3c2COc2cc(Br)ccc2-3)CC1. The van der Waals surface area contributed by atoms with Gasteiger partial charge in [-0.3, -0.25) is 4.79 Å². The van der Waals surface area contributed by atoms with Crippen molar-refractivity contribution in [3.8, 4) is 22.7 Å². The average Bonchev–Trinajstić information content (AvgIpc) is 3.22. The zero-order valence-electron chi connectivity index (χ0n) is 18.9. The number of carbonyl (C=O) groups is 1. The second-order valence-electron chi connectivity index (χ2n) is 9.12. The zero-order chi connectivity index (χ0) is 23.8. The third-order valence-corrected chi connectivity index (χ3v) is 7.50. The van der Waals surface area contributed by atoms with Crippen molar-refractivity contribution in [3.05, 3.63) is 63.8 Å². The van der Waals surface area contributed by atoms with Gasteiger partial charge in [-0.25, -0.2) is 13.5 Å². The van der Waals surface area contributed by atoms with Crippen LogP contribution in [0.3, 0.4) is 0 Å². The molecule has 0 saturated heterocycles. The molecule has 0 atom stereocenters. The minimum atomic E-state index is -0.755. The summed E-state index contributed by atoms with van der Waals surface area (Å²) in [6.07, 6.45) is 5.83. The van der Waals surface area contributed by atoms with Crippen LogP contribution in [0.4, 0.5) is 8.78 Å². The lowest BCUT2D eigenvalue weighted by atomic mass is 9.81. The van der Waals surface area contributed by atoms with E-state index in [2.05, 4.69) is 33.3 Å². The molecule has 2 aliphatic rings. The number of aromatic nitrogens is 2. The van der Waals surface area contributed by atoms with Crippen molar-refractivity contribution < 1.29 is 18.3 Å². The van der Waals surface area contributed by atoms with E-state index in [1.54, 1.807) is 0 Å². The third-order valence-electron chi connectivity index (χ3n) is 7.00. The molecule has 2 aromatic carbocycles. The molecule has 1 N–H and O–H groups in total. The fourth-order valence-corrected chi connectivity index (χ4v) is 5.34. The van der Waals surface area contributed by atoms with Gasteiger partial charge in [0.2, 0.25) is 0 Å². The highest BCUT2D eigenvalue weighted by Gasteiger charge is 2.31. The highest BCUT2D eigenvalue weighted by molar-refractivity contribution is 9.10. The summed E-state index contributed by atoms with van der Waals surface area (Å²) in [6, 6.07) is 8.84. The highest BCUT2D eigenvalue weighted by Crippen LogP contribution is 2.41. The Labute approximate surface area is 205 Å². The maximum absolute atomic E-state index is 14.8. The van der Waals surface area contributed by atoms with Crippen LogP contribution in [0.1, 0.15) is 55.1 Å². The lowest BCUT2D eigenvalue weighted by Gasteiger charge is -2.27. The largest absolute Gasteiger partial charge is 0.488 e. The minimum absolute atomic E-state index is 0.0744. The van der Waals surface area contributed by atoms with Gasteiger partial charge in [0.05, 0.1) is 5.69 Å². The van der Waals surface area contributed by atoms with Gasteiger partial charge in [0.1, 0.15) is 23.9 Å². The molecule has 1 aromatic heterocycles. The molecule has 1 saturated carbocycles. The van der Waals surface area contributed by atoms with Crippen molar-refractivity contribution in [2.24, 2.45) is 11.8 Å². The van der Waals surface area contributed by atoms with Gasteiger partial charge in [-0.2, -0.15) is 5.10 Å². The maximum atomic E-state index is 14.8. The molecule has 34 heavy (non-hydrogen) atoms. The summed E-state index contributed by atoms with van der Waals surface area (Å²) in [5.41, 5.74) is 2.14. The second-order valence-corrected chi connectivity index (χ2v) is 10.0. The van der Waals surface area contributed by atoms with E-state index >= 15 is 0 Å². The molecule has 2 heterocycles. The van der Waals surface area contributed by atoms with E-state index in [1.165, 1.54) is 36.1 Å². The summed E-state index contributed by atoms with van der Waals surface area (Å²) in [5, 5.41) is 7.56. The van der Waals surface area contributed by atoms with Gasteiger partial charge in [-0.1, -0.05) is 42.1 Å². The van der Waals surface area contributed by atoms with E-state index in [9.17, 15) is 13.6 Å². The number of ether oxygens (including phenoxy) is 1. The molecule has 1 amide bonds. The van der Waals surface area contributed by atoms with Crippen LogP contribution in [-0.2, 0) is 6.61 Å². The average molecular weight is 530 g/mol. The number of amides is 1. The van der Waals surface area contributed by atoms with Gasteiger partial charge in [0.15, 0.2) is 11.5 Å². The lowest BCUT2D eigenvalue weighted by molar-refractivity contribution is 0.0933. The number of nitrogens with one attached hydrogen (secondary N) is 1. The van der Waals surface area contributed by atoms with Gasteiger partial charge in [0, 0.05) is 28.2 Å². The van der Waals surface area contributed by atoms with Crippen molar-refractivity contribution in [1.29, 1.82) is 0 Å². The third kappa shape index (κ3) is 4.35. The van der Waals surface area contributed by atoms with Gasteiger partial charge in [-0.05, 0) is 55.0 Å². The summed E-state index contributed by atoms with van der Waals surface area (Å²) in [6.45, 7) is 2.95. The first-order valence-electron chi connectivity index (χ1n) is 11.7. The molecule has 1 fully saturated rings. The number of fused-ring (bicyclic) bond motifs is 3. The molecule has 1 aliphatic carbocycles. The summed E-state index contributed by atoms with van der Waals surface area (Å²) in [5.74, 6) is 0.108. The molecule has 0 spiro atoms. The highest BCUT2D eigenvalue weighted by atomic mass is 79.9. The second kappa shape index (κ2) is 9.49. The van der Waals surface area contributed by atoms with Crippen molar-refractivity contribution >= 4 is 21.8 Å². The van der Waals surface area contributed by atoms with Crippen LogP contribution in [0.15, 0.2) is 40.9 Å². The molecule has 5 rings (SSSR count). The summed E-state index contributed by atoms with van der Waals surface area (Å²) >= 11 is 3.44. The predicted octanol–water partition coefficient (Wildman–Crippen LogP) is 6.42. The Morgan fingerprint density at radius 3 is 2.65 bits per heavy atom. The number of hydrogen-bond donors (Lipinski definition) is 1. The fourth-order valence-electron chi connectivity index (χ4n) is 5.00. The van der Waals surface area contributed by atoms with Gasteiger partial charge in [-0.15, -0.1) is 0 Å². The van der Waals surface area contributed by atoms with Crippen LogP contribution in [0.25, 0.3) is 16.9 Å². The smallest absolute Gasteiger partial charge is 0.272 e. The predicted molar refractivity (Wildman–Crippen MR) is 129 cm³/mol. The van der Waals surface area contributed by atoms with Crippen LogP contribution in [0.5, 0.6) is 5.75 Å². The van der Waals surface area contributed by atoms with Crippen molar-refractivity contribution in [2.75, 3.05) is 6.54 Å². The molecule has 8 heteroatoms. The molecule has 0 unspecified atom stereocenters. The Bertz CT molecular complexity index is 1240. The molecule has 0 bridgehead atoms. The number of halogens is 3. The van der Waals surface area contributed by atoms with Crippen molar-refractivity contribution in [2.45, 2.75) is 45.6 Å². The summed E-state index contributed by atoms with van der Waals surface area (Å²) < 4.78 is 36.5. The number of nitrogens with zero attached hydrogens (tertiary/aromatic N) is 2. The van der Waals surface area contributed by atoms with Crippen LogP contribution in [-0.4, -0.2) is 22.2 Å². The van der Waals surface area contributed by atoms with Gasteiger partial charge in [0.25, 0.3) is 5.91 Å². The Balaban J connectivity index is 1.49. The number of hydrogen-bond acceptors (Lipinski definition) is 3. The maximum Gasteiger partial charge on any atom is 0.272 e. The van der Waals surface area contributed by atoms with Crippen molar-refractivity contribution in [1.82, 2.24) is 15.1 Å². The van der Waals surface area contributed by atoms with E-state index in [-0.39, 0.29) is 23.9 Å². The summed E-state index contributed by atoms with van der Waals surface area (Å²) in [7, 11) is 0.